The third-order valence-corrected chi connectivity index (χ3v) is 5.24. The third kappa shape index (κ3) is 6.53. The van der Waals surface area contributed by atoms with Crippen LogP contribution in [0.25, 0.3) is 11.3 Å². The molecule has 0 aliphatic rings. The van der Waals surface area contributed by atoms with Crippen molar-refractivity contribution in [3.05, 3.63) is 106 Å². The lowest BCUT2D eigenvalue weighted by molar-refractivity contribution is -0.385. The van der Waals surface area contributed by atoms with E-state index in [2.05, 4.69) is 25.6 Å². The standard InChI is InChI=1S/C25H21F3N6O2/c26-25(27,28)20-3-1-2-18(15-20)14-17-4-6-19(7-5-17)22-10-11-30-24(33-22)31-13-12-29-23-9-8-21(16-32-23)34(35)36/h1-11,15-16H,12-14H2,(H,29,32)(H,30,31,33). The van der Waals surface area contributed by atoms with Gasteiger partial charge in [0.15, 0.2) is 0 Å². The van der Waals surface area contributed by atoms with Gasteiger partial charge in [-0.3, -0.25) is 10.1 Å². The first-order valence-electron chi connectivity index (χ1n) is 10.9. The number of hydrogen-bond acceptors (Lipinski definition) is 7. The molecule has 36 heavy (non-hydrogen) atoms. The van der Waals surface area contributed by atoms with Crippen molar-refractivity contribution in [3.63, 3.8) is 0 Å². The Morgan fingerprint density at radius 3 is 2.36 bits per heavy atom. The molecule has 8 nitrogen and oxygen atoms in total. The first-order chi connectivity index (χ1) is 17.3. The minimum absolute atomic E-state index is 0.0763. The minimum Gasteiger partial charge on any atom is -0.368 e. The number of halogens is 3. The van der Waals surface area contributed by atoms with Gasteiger partial charge < -0.3 is 10.6 Å². The van der Waals surface area contributed by atoms with E-state index >= 15 is 0 Å². The van der Waals surface area contributed by atoms with Gasteiger partial charge in [-0.05, 0) is 35.7 Å². The zero-order chi connectivity index (χ0) is 25.5. The number of alkyl halides is 3. The van der Waals surface area contributed by atoms with Gasteiger partial charge in [0, 0.05) is 30.9 Å². The van der Waals surface area contributed by atoms with Crippen LogP contribution in [0, 0.1) is 10.1 Å². The quantitative estimate of drug-likeness (QED) is 0.178. The summed E-state index contributed by atoms with van der Waals surface area (Å²) in [6.07, 6.45) is -1.16. The van der Waals surface area contributed by atoms with E-state index in [1.165, 1.54) is 30.5 Å². The molecular weight excluding hydrogens is 473 g/mol. The van der Waals surface area contributed by atoms with Gasteiger partial charge in [0.1, 0.15) is 12.0 Å². The summed E-state index contributed by atoms with van der Waals surface area (Å²) < 4.78 is 38.8. The van der Waals surface area contributed by atoms with E-state index in [0.29, 0.717) is 42.5 Å². The summed E-state index contributed by atoms with van der Waals surface area (Å²) in [5.41, 5.74) is 2.29. The monoisotopic (exact) mass is 494 g/mol. The van der Waals surface area contributed by atoms with Crippen LogP contribution < -0.4 is 10.6 Å². The maximum absolute atomic E-state index is 12.9. The molecule has 0 fully saturated rings. The lowest BCUT2D eigenvalue weighted by Gasteiger charge is -2.10. The Labute approximate surface area is 204 Å². The molecule has 0 unspecified atom stereocenters. The second-order valence-corrected chi connectivity index (χ2v) is 7.85. The van der Waals surface area contributed by atoms with Gasteiger partial charge in [-0.25, -0.2) is 15.0 Å². The molecular formula is C25H21F3N6O2. The van der Waals surface area contributed by atoms with Crippen molar-refractivity contribution in [2.75, 3.05) is 23.7 Å². The van der Waals surface area contributed by atoms with Crippen LogP contribution in [0.4, 0.5) is 30.6 Å². The summed E-state index contributed by atoms with van der Waals surface area (Å²) in [5.74, 6) is 0.946. The van der Waals surface area contributed by atoms with E-state index < -0.39 is 16.7 Å². The molecule has 2 aromatic carbocycles. The zero-order valence-electron chi connectivity index (χ0n) is 18.9. The molecule has 184 valence electrons. The highest BCUT2D eigenvalue weighted by molar-refractivity contribution is 5.60. The molecule has 0 atom stereocenters. The summed E-state index contributed by atoms with van der Waals surface area (Å²) in [7, 11) is 0. The first-order valence-corrected chi connectivity index (χ1v) is 10.9. The molecule has 0 saturated heterocycles. The SMILES string of the molecule is O=[N+]([O-])c1ccc(NCCNc2nccc(-c3ccc(Cc4cccc(C(F)(F)F)c4)cc3)n2)nc1. The Hall–Kier alpha value is -4.54. The average molecular weight is 494 g/mol. The van der Waals surface area contributed by atoms with E-state index in [0.717, 1.165) is 17.2 Å². The fourth-order valence-electron chi connectivity index (χ4n) is 3.45. The number of aromatic nitrogens is 3. The number of nitrogens with zero attached hydrogens (tertiary/aromatic N) is 4. The van der Waals surface area contributed by atoms with Crippen LogP contribution >= 0.6 is 0 Å². The number of pyridine rings is 1. The number of rotatable bonds is 9. The first kappa shape index (κ1) is 24.6. The number of benzene rings is 2. The molecule has 0 aliphatic heterocycles. The van der Waals surface area contributed by atoms with Crippen molar-refractivity contribution in [2.45, 2.75) is 12.6 Å². The molecule has 0 saturated carbocycles. The van der Waals surface area contributed by atoms with Crippen molar-refractivity contribution in [3.8, 4) is 11.3 Å². The Bertz CT molecular complexity index is 1330. The van der Waals surface area contributed by atoms with Crippen LogP contribution in [0.2, 0.25) is 0 Å². The van der Waals surface area contributed by atoms with E-state index in [1.54, 1.807) is 18.3 Å². The fourth-order valence-corrected chi connectivity index (χ4v) is 3.45. The lowest BCUT2D eigenvalue weighted by atomic mass is 10.0. The van der Waals surface area contributed by atoms with E-state index in [1.807, 2.05) is 24.3 Å². The Balaban J connectivity index is 1.32. The second kappa shape index (κ2) is 10.8. The van der Waals surface area contributed by atoms with Gasteiger partial charge in [0.05, 0.1) is 16.2 Å². The molecule has 2 heterocycles. The van der Waals surface area contributed by atoms with Crippen LogP contribution in [0.1, 0.15) is 16.7 Å². The number of nitrogens with one attached hydrogen (secondary N) is 2. The lowest BCUT2D eigenvalue weighted by Crippen LogP contribution is -2.15. The Morgan fingerprint density at radius 1 is 0.889 bits per heavy atom. The molecule has 4 rings (SSSR count). The predicted octanol–water partition coefficient (Wildman–Crippen LogP) is 5.58. The molecule has 2 N–H and O–H groups in total. The van der Waals surface area contributed by atoms with Gasteiger partial charge in [0.25, 0.3) is 5.69 Å². The van der Waals surface area contributed by atoms with Crippen LogP contribution in [-0.2, 0) is 12.6 Å². The largest absolute Gasteiger partial charge is 0.416 e. The normalized spacial score (nSPS) is 11.2. The van der Waals surface area contributed by atoms with Crippen molar-refractivity contribution >= 4 is 17.5 Å². The Morgan fingerprint density at radius 2 is 1.67 bits per heavy atom. The highest BCUT2D eigenvalue weighted by atomic mass is 19.4. The number of anilines is 2. The highest BCUT2D eigenvalue weighted by Gasteiger charge is 2.30. The summed E-state index contributed by atoms with van der Waals surface area (Å²) in [6.45, 7) is 0.973. The van der Waals surface area contributed by atoms with Crippen LogP contribution in [0.15, 0.2) is 79.1 Å². The van der Waals surface area contributed by atoms with Crippen LogP contribution in [-0.4, -0.2) is 33.0 Å². The predicted molar refractivity (Wildman–Crippen MR) is 130 cm³/mol. The third-order valence-electron chi connectivity index (χ3n) is 5.24. The van der Waals surface area contributed by atoms with Gasteiger partial charge in [-0.15, -0.1) is 0 Å². The van der Waals surface area contributed by atoms with Crippen molar-refractivity contribution < 1.29 is 18.1 Å². The fraction of sp³-hybridized carbons (Fsp3) is 0.160. The van der Waals surface area contributed by atoms with Crippen molar-refractivity contribution in [2.24, 2.45) is 0 Å². The number of hydrogen-bond donors (Lipinski definition) is 2. The zero-order valence-corrected chi connectivity index (χ0v) is 18.9. The van der Waals surface area contributed by atoms with Crippen LogP contribution in [0.5, 0.6) is 0 Å². The molecule has 11 heteroatoms. The maximum atomic E-state index is 12.9. The van der Waals surface area contributed by atoms with E-state index in [4.69, 9.17) is 0 Å². The topological polar surface area (TPSA) is 106 Å². The van der Waals surface area contributed by atoms with Crippen LogP contribution in [0.3, 0.4) is 0 Å². The number of nitro groups is 1. The van der Waals surface area contributed by atoms with Gasteiger partial charge in [-0.1, -0.05) is 42.5 Å². The average Bonchev–Trinajstić information content (AvgIpc) is 2.87. The second-order valence-electron chi connectivity index (χ2n) is 7.85. The van der Waals surface area contributed by atoms with Gasteiger partial charge in [0.2, 0.25) is 5.95 Å². The summed E-state index contributed by atoms with van der Waals surface area (Å²) in [6, 6.07) is 17.5. The van der Waals surface area contributed by atoms with E-state index in [-0.39, 0.29) is 5.69 Å². The van der Waals surface area contributed by atoms with E-state index in [9.17, 15) is 23.3 Å². The molecule has 0 spiro atoms. The molecule has 0 bridgehead atoms. The summed E-state index contributed by atoms with van der Waals surface area (Å²) in [5, 5.41) is 16.8. The molecule has 0 aliphatic carbocycles. The van der Waals surface area contributed by atoms with Crippen molar-refractivity contribution in [1.82, 2.24) is 15.0 Å². The van der Waals surface area contributed by atoms with Crippen molar-refractivity contribution in [1.29, 1.82) is 0 Å². The summed E-state index contributed by atoms with van der Waals surface area (Å²) >= 11 is 0. The molecule has 4 aromatic rings. The van der Waals surface area contributed by atoms with Gasteiger partial charge >= 0.3 is 6.18 Å². The minimum atomic E-state index is -4.36. The molecule has 2 aromatic heterocycles. The maximum Gasteiger partial charge on any atom is 0.416 e. The smallest absolute Gasteiger partial charge is 0.368 e. The highest BCUT2D eigenvalue weighted by Crippen LogP contribution is 2.30. The Kier molecular flexibility index (Phi) is 7.38. The molecule has 0 amide bonds. The van der Waals surface area contributed by atoms with Gasteiger partial charge in [-0.2, -0.15) is 13.2 Å². The molecule has 0 radical (unpaired) electrons. The summed E-state index contributed by atoms with van der Waals surface area (Å²) in [4.78, 5) is 22.9.